The van der Waals surface area contributed by atoms with Crippen molar-refractivity contribution in [1.82, 2.24) is 20.1 Å². The van der Waals surface area contributed by atoms with Crippen LogP contribution in [0.2, 0.25) is 0 Å². The van der Waals surface area contributed by atoms with Gasteiger partial charge in [-0.15, -0.1) is 0 Å². The molecule has 0 saturated heterocycles. The van der Waals surface area contributed by atoms with Crippen LogP contribution in [-0.2, 0) is 11.3 Å². The summed E-state index contributed by atoms with van der Waals surface area (Å²) in [5.41, 5.74) is 7.90. The van der Waals surface area contributed by atoms with Gasteiger partial charge in [-0.05, 0) is 37.5 Å². The summed E-state index contributed by atoms with van der Waals surface area (Å²) in [6, 6.07) is 7.90. The normalized spacial score (nSPS) is 24.3. The van der Waals surface area contributed by atoms with Gasteiger partial charge in [-0.1, -0.05) is 25.0 Å². The van der Waals surface area contributed by atoms with E-state index >= 15 is 0 Å². The van der Waals surface area contributed by atoms with E-state index in [1.165, 1.54) is 6.33 Å². The molecular formula is C17H23N5O. The molecule has 0 aliphatic heterocycles. The molecule has 1 fully saturated rings. The molecule has 1 aromatic carbocycles. The Morgan fingerprint density at radius 1 is 1.39 bits per heavy atom. The van der Waals surface area contributed by atoms with Gasteiger partial charge in [-0.3, -0.25) is 4.79 Å². The Morgan fingerprint density at radius 3 is 2.83 bits per heavy atom. The van der Waals surface area contributed by atoms with E-state index in [1.54, 1.807) is 11.0 Å². The van der Waals surface area contributed by atoms with Crippen LogP contribution in [0.5, 0.6) is 0 Å². The van der Waals surface area contributed by atoms with Crippen molar-refractivity contribution in [2.45, 2.75) is 44.7 Å². The number of hydrogen-bond donors (Lipinski definition) is 2. The summed E-state index contributed by atoms with van der Waals surface area (Å²) in [5.74, 6) is -0.0271. The number of carbonyl (C=O) groups is 1. The van der Waals surface area contributed by atoms with E-state index in [-0.39, 0.29) is 17.4 Å². The monoisotopic (exact) mass is 313 g/mol. The lowest BCUT2D eigenvalue weighted by molar-refractivity contribution is -0.128. The molecule has 0 bridgehead atoms. The number of nitrogens with zero attached hydrogens (tertiary/aromatic N) is 3. The number of amides is 1. The summed E-state index contributed by atoms with van der Waals surface area (Å²) < 4.78 is 1.70. The van der Waals surface area contributed by atoms with Gasteiger partial charge in [0.05, 0.1) is 11.6 Å². The Hall–Kier alpha value is -2.21. The molecule has 2 aromatic rings. The number of rotatable bonds is 4. The summed E-state index contributed by atoms with van der Waals surface area (Å²) in [4.78, 5) is 16.4. The van der Waals surface area contributed by atoms with Crippen molar-refractivity contribution in [3.05, 3.63) is 42.5 Å². The number of nitrogens with two attached hydrogens (primary N) is 1. The smallest absolute Gasteiger partial charge is 0.225 e. The van der Waals surface area contributed by atoms with E-state index in [0.29, 0.717) is 6.54 Å². The van der Waals surface area contributed by atoms with Crippen LogP contribution in [0.3, 0.4) is 0 Å². The largest absolute Gasteiger partial charge is 0.352 e. The molecule has 6 heteroatoms. The summed E-state index contributed by atoms with van der Waals surface area (Å²) in [6.07, 6.45) is 7.14. The second-order valence-corrected chi connectivity index (χ2v) is 6.53. The summed E-state index contributed by atoms with van der Waals surface area (Å²) in [5, 5.41) is 7.11. The summed E-state index contributed by atoms with van der Waals surface area (Å²) in [6.45, 7) is 2.51. The molecule has 3 N–H and O–H groups in total. The molecule has 0 radical (unpaired) electrons. The minimum absolute atomic E-state index is 0.0649. The fourth-order valence-corrected chi connectivity index (χ4v) is 3.21. The van der Waals surface area contributed by atoms with Gasteiger partial charge in [0.2, 0.25) is 5.91 Å². The highest BCUT2D eigenvalue weighted by Gasteiger charge is 2.37. The predicted octanol–water partition coefficient (Wildman–Crippen LogP) is 1.79. The zero-order chi connectivity index (χ0) is 16.3. The van der Waals surface area contributed by atoms with Crippen molar-refractivity contribution in [3.8, 4) is 5.69 Å². The van der Waals surface area contributed by atoms with Gasteiger partial charge in [-0.2, -0.15) is 5.10 Å². The van der Waals surface area contributed by atoms with Gasteiger partial charge in [0.15, 0.2) is 0 Å². The number of hydrogen-bond acceptors (Lipinski definition) is 4. The van der Waals surface area contributed by atoms with Crippen molar-refractivity contribution in [2.24, 2.45) is 11.7 Å². The minimum atomic E-state index is -0.390. The predicted molar refractivity (Wildman–Crippen MR) is 87.8 cm³/mol. The molecule has 2 atom stereocenters. The lowest BCUT2D eigenvalue weighted by Crippen LogP contribution is -2.52. The fraction of sp³-hybridized carbons (Fsp3) is 0.471. The van der Waals surface area contributed by atoms with Crippen molar-refractivity contribution in [2.75, 3.05) is 0 Å². The first kappa shape index (κ1) is 15.7. The van der Waals surface area contributed by atoms with Crippen molar-refractivity contribution in [3.63, 3.8) is 0 Å². The minimum Gasteiger partial charge on any atom is -0.352 e. The lowest BCUT2D eigenvalue weighted by Gasteiger charge is -2.37. The molecule has 6 nitrogen and oxygen atoms in total. The highest BCUT2D eigenvalue weighted by Crippen LogP contribution is 2.31. The highest BCUT2D eigenvalue weighted by molar-refractivity contribution is 5.80. The Labute approximate surface area is 136 Å². The van der Waals surface area contributed by atoms with Crippen molar-refractivity contribution in [1.29, 1.82) is 0 Å². The van der Waals surface area contributed by atoms with Gasteiger partial charge >= 0.3 is 0 Å². The quantitative estimate of drug-likeness (QED) is 0.901. The SMILES string of the molecule is CC1(N)CCCCC1C(=O)NCc1ccc(-n2cncn2)cc1. The molecular weight excluding hydrogens is 290 g/mol. The van der Waals surface area contributed by atoms with Gasteiger partial charge in [0.25, 0.3) is 0 Å². The van der Waals surface area contributed by atoms with Crippen LogP contribution in [0.25, 0.3) is 5.69 Å². The van der Waals surface area contributed by atoms with E-state index in [0.717, 1.165) is 36.9 Å². The molecule has 1 aromatic heterocycles. The second kappa shape index (κ2) is 6.50. The summed E-state index contributed by atoms with van der Waals surface area (Å²) in [7, 11) is 0. The van der Waals surface area contributed by atoms with E-state index in [2.05, 4.69) is 15.4 Å². The first-order valence-electron chi connectivity index (χ1n) is 8.07. The lowest BCUT2D eigenvalue weighted by atomic mass is 9.74. The third-order valence-corrected chi connectivity index (χ3v) is 4.66. The average molecular weight is 313 g/mol. The van der Waals surface area contributed by atoms with E-state index in [9.17, 15) is 4.79 Å². The van der Waals surface area contributed by atoms with Crippen LogP contribution < -0.4 is 11.1 Å². The molecule has 1 saturated carbocycles. The van der Waals surface area contributed by atoms with Crippen molar-refractivity contribution >= 4 is 5.91 Å². The van der Waals surface area contributed by atoms with Crippen LogP contribution in [0.1, 0.15) is 38.2 Å². The average Bonchev–Trinajstić information content (AvgIpc) is 3.07. The van der Waals surface area contributed by atoms with Gasteiger partial charge in [0.1, 0.15) is 12.7 Å². The molecule has 23 heavy (non-hydrogen) atoms. The molecule has 1 aliphatic carbocycles. The Morgan fingerprint density at radius 2 is 2.17 bits per heavy atom. The summed E-state index contributed by atoms with van der Waals surface area (Å²) >= 11 is 0. The second-order valence-electron chi connectivity index (χ2n) is 6.53. The molecule has 2 unspecified atom stereocenters. The molecule has 1 amide bonds. The zero-order valence-electron chi connectivity index (χ0n) is 13.4. The molecule has 3 rings (SSSR count). The molecule has 1 aliphatic rings. The number of carbonyl (C=O) groups excluding carboxylic acids is 1. The third-order valence-electron chi connectivity index (χ3n) is 4.66. The number of aromatic nitrogens is 3. The third kappa shape index (κ3) is 3.59. The molecule has 122 valence electrons. The Balaban J connectivity index is 1.58. The highest BCUT2D eigenvalue weighted by atomic mass is 16.1. The molecule has 0 spiro atoms. The number of benzene rings is 1. The zero-order valence-corrected chi connectivity index (χ0v) is 13.4. The van der Waals surface area contributed by atoms with Crippen LogP contribution in [-0.4, -0.2) is 26.2 Å². The first-order chi connectivity index (χ1) is 11.1. The Bertz CT molecular complexity index is 648. The van der Waals surface area contributed by atoms with Crippen molar-refractivity contribution < 1.29 is 4.79 Å². The maximum absolute atomic E-state index is 12.4. The fourth-order valence-electron chi connectivity index (χ4n) is 3.21. The Kier molecular flexibility index (Phi) is 4.43. The number of nitrogens with one attached hydrogen (secondary N) is 1. The standard InChI is InChI=1S/C17H23N5O/c1-17(18)9-3-2-4-15(17)16(23)20-10-13-5-7-14(8-6-13)22-12-19-11-21-22/h5-8,11-12,15H,2-4,9-10,18H2,1H3,(H,20,23). The molecule has 1 heterocycles. The van der Waals surface area contributed by atoms with Gasteiger partial charge in [-0.25, -0.2) is 9.67 Å². The van der Waals surface area contributed by atoms with E-state index in [4.69, 9.17) is 5.73 Å². The van der Waals surface area contributed by atoms with E-state index < -0.39 is 0 Å². The maximum Gasteiger partial charge on any atom is 0.225 e. The first-order valence-corrected chi connectivity index (χ1v) is 8.07. The topological polar surface area (TPSA) is 85.8 Å². The van der Waals surface area contributed by atoms with Gasteiger partial charge < -0.3 is 11.1 Å². The maximum atomic E-state index is 12.4. The van der Waals surface area contributed by atoms with Crippen LogP contribution in [0.4, 0.5) is 0 Å². The van der Waals surface area contributed by atoms with Crippen LogP contribution in [0, 0.1) is 5.92 Å². The van der Waals surface area contributed by atoms with Crippen LogP contribution in [0.15, 0.2) is 36.9 Å². The van der Waals surface area contributed by atoms with Crippen LogP contribution >= 0.6 is 0 Å². The van der Waals surface area contributed by atoms with Gasteiger partial charge in [0, 0.05) is 12.1 Å². The van der Waals surface area contributed by atoms with E-state index in [1.807, 2.05) is 31.2 Å².